The lowest BCUT2D eigenvalue weighted by Crippen LogP contribution is -1.92. The van der Waals surface area contributed by atoms with Crippen molar-refractivity contribution >= 4 is 12.5 Å². The second-order valence-electron chi connectivity index (χ2n) is 2.62. The maximum atomic E-state index is 10.2. The molecule has 0 N–H and O–H groups in total. The van der Waals surface area contributed by atoms with Gasteiger partial charge < -0.3 is 9.47 Å². The zero-order valence-electron chi connectivity index (χ0n) is 8.19. The first-order valence-corrected chi connectivity index (χ1v) is 4.23. The monoisotopic (exact) mass is 192 g/mol. The van der Waals surface area contributed by atoms with Crippen molar-refractivity contribution in [1.29, 1.82) is 0 Å². The van der Waals surface area contributed by atoms with Crippen molar-refractivity contribution in [2.24, 2.45) is 0 Å². The van der Waals surface area contributed by atoms with Gasteiger partial charge in [0, 0.05) is 11.6 Å². The molecule has 0 fully saturated rings. The molecule has 0 heterocycles. The molecule has 0 atom stereocenters. The van der Waals surface area contributed by atoms with E-state index in [0.29, 0.717) is 18.0 Å². The van der Waals surface area contributed by atoms with E-state index in [4.69, 9.17) is 9.47 Å². The fourth-order valence-corrected chi connectivity index (χ4v) is 1.11. The zero-order valence-corrected chi connectivity index (χ0v) is 8.19. The van der Waals surface area contributed by atoms with Crippen LogP contribution in [0.4, 0.5) is 0 Å². The molecule has 0 aliphatic rings. The number of hydrogen-bond acceptors (Lipinski definition) is 3. The molecule has 1 aromatic rings. The average Bonchev–Trinajstić information content (AvgIpc) is 2.21. The largest absolute Gasteiger partial charge is 0.497 e. The van der Waals surface area contributed by atoms with Gasteiger partial charge in [-0.1, -0.05) is 12.2 Å². The molecule has 0 amide bonds. The molecule has 0 aliphatic carbocycles. The molecule has 0 saturated carbocycles. The van der Waals surface area contributed by atoms with Crippen LogP contribution in [0.2, 0.25) is 0 Å². The third kappa shape index (κ3) is 2.36. The molecule has 0 aromatic heterocycles. The van der Waals surface area contributed by atoms with Crippen molar-refractivity contribution in [2.75, 3.05) is 7.11 Å². The topological polar surface area (TPSA) is 35.5 Å². The summed E-state index contributed by atoms with van der Waals surface area (Å²) < 4.78 is 9.83. The third-order valence-electron chi connectivity index (χ3n) is 1.74. The highest BCUT2D eigenvalue weighted by atomic mass is 16.5. The van der Waals surface area contributed by atoms with Crippen LogP contribution in [0, 0.1) is 0 Å². The second kappa shape index (κ2) is 5.07. The van der Waals surface area contributed by atoms with Crippen LogP contribution in [-0.2, 0) is 4.79 Å². The SMILES string of the molecule is C/C=C\c1ccc(OC)cc1OC=O. The van der Waals surface area contributed by atoms with Crippen molar-refractivity contribution in [3.8, 4) is 11.5 Å². The van der Waals surface area contributed by atoms with Crippen LogP contribution in [0.15, 0.2) is 24.3 Å². The van der Waals surface area contributed by atoms with Crippen LogP contribution >= 0.6 is 0 Å². The maximum Gasteiger partial charge on any atom is 0.298 e. The number of hydrogen-bond donors (Lipinski definition) is 0. The van der Waals surface area contributed by atoms with Crippen molar-refractivity contribution in [3.63, 3.8) is 0 Å². The van der Waals surface area contributed by atoms with E-state index < -0.39 is 0 Å². The molecule has 3 heteroatoms. The van der Waals surface area contributed by atoms with E-state index in [1.54, 1.807) is 13.2 Å². The van der Waals surface area contributed by atoms with Gasteiger partial charge in [-0.2, -0.15) is 0 Å². The van der Waals surface area contributed by atoms with E-state index in [0.717, 1.165) is 5.56 Å². The van der Waals surface area contributed by atoms with Crippen LogP contribution < -0.4 is 9.47 Å². The van der Waals surface area contributed by atoms with Gasteiger partial charge in [0.15, 0.2) is 0 Å². The fraction of sp³-hybridized carbons (Fsp3) is 0.182. The summed E-state index contributed by atoms with van der Waals surface area (Å²) in [5.41, 5.74) is 0.848. The normalized spacial score (nSPS) is 10.1. The van der Waals surface area contributed by atoms with E-state index in [1.807, 2.05) is 31.2 Å². The quantitative estimate of drug-likeness (QED) is 0.686. The van der Waals surface area contributed by atoms with E-state index >= 15 is 0 Å². The number of methoxy groups -OCH3 is 1. The van der Waals surface area contributed by atoms with Crippen LogP contribution in [0.25, 0.3) is 6.08 Å². The van der Waals surface area contributed by atoms with Gasteiger partial charge in [-0.15, -0.1) is 0 Å². The fourth-order valence-electron chi connectivity index (χ4n) is 1.11. The van der Waals surface area contributed by atoms with Gasteiger partial charge in [-0.05, 0) is 19.1 Å². The Bertz CT molecular complexity index is 342. The first-order valence-electron chi connectivity index (χ1n) is 4.23. The number of ether oxygens (including phenoxy) is 2. The Morgan fingerprint density at radius 2 is 2.14 bits per heavy atom. The Hall–Kier alpha value is -1.77. The summed E-state index contributed by atoms with van der Waals surface area (Å²) in [6.45, 7) is 2.30. The summed E-state index contributed by atoms with van der Waals surface area (Å²) in [5.74, 6) is 1.16. The number of allylic oxidation sites excluding steroid dienone is 1. The lowest BCUT2D eigenvalue weighted by molar-refractivity contribution is -0.120. The Kier molecular flexibility index (Phi) is 3.73. The second-order valence-corrected chi connectivity index (χ2v) is 2.62. The molecule has 3 nitrogen and oxygen atoms in total. The Morgan fingerprint density at radius 3 is 2.71 bits per heavy atom. The first kappa shape index (κ1) is 10.3. The van der Waals surface area contributed by atoms with E-state index in [-0.39, 0.29) is 0 Å². The Morgan fingerprint density at radius 1 is 1.36 bits per heavy atom. The van der Waals surface area contributed by atoms with E-state index in [2.05, 4.69) is 0 Å². The predicted octanol–water partition coefficient (Wildman–Crippen LogP) is 2.26. The standard InChI is InChI=1S/C11H12O3/c1-3-4-9-5-6-10(13-2)7-11(9)14-8-12/h3-8H,1-2H3/b4-3-. The number of benzene rings is 1. The van der Waals surface area contributed by atoms with Crippen LogP contribution in [0.3, 0.4) is 0 Å². The minimum absolute atomic E-state index is 0.405. The zero-order chi connectivity index (χ0) is 10.4. The molecule has 1 aromatic carbocycles. The van der Waals surface area contributed by atoms with Crippen molar-refractivity contribution in [2.45, 2.75) is 6.92 Å². The third-order valence-corrected chi connectivity index (χ3v) is 1.74. The molecule has 0 bridgehead atoms. The van der Waals surface area contributed by atoms with Gasteiger partial charge in [-0.25, -0.2) is 0 Å². The average molecular weight is 192 g/mol. The molecule has 0 saturated heterocycles. The Balaban J connectivity index is 3.09. The minimum Gasteiger partial charge on any atom is -0.497 e. The molecular weight excluding hydrogens is 180 g/mol. The van der Waals surface area contributed by atoms with Gasteiger partial charge in [0.1, 0.15) is 11.5 Å². The molecule has 0 radical (unpaired) electrons. The summed E-state index contributed by atoms with van der Waals surface area (Å²) in [7, 11) is 1.56. The summed E-state index contributed by atoms with van der Waals surface area (Å²) in [6, 6.07) is 5.31. The molecule has 0 unspecified atom stereocenters. The summed E-state index contributed by atoms with van der Waals surface area (Å²) in [6.07, 6.45) is 3.73. The first-order chi connectivity index (χ1) is 6.81. The summed E-state index contributed by atoms with van der Waals surface area (Å²) in [4.78, 5) is 10.2. The van der Waals surface area contributed by atoms with Crippen LogP contribution in [0.5, 0.6) is 11.5 Å². The molecule has 0 aliphatic heterocycles. The van der Waals surface area contributed by atoms with Crippen LogP contribution in [0.1, 0.15) is 12.5 Å². The van der Waals surface area contributed by atoms with E-state index in [9.17, 15) is 4.79 Å². The van der Waals surface area contributed by atoms with Gasteiger partial charge >= 0.3 is 0 Å². The highest BCUT2D eigenvalue weighted by Crippen LogP contribution is 2.25. The molecule has 0 spiro atoms. The maximum absolute atomic E-state index is 10.2. The van der Waals surface area contributed by atoms with Gasteiger partial charge in [0.2, 0.25) is 0 Å². The highest BCUT2D eigenvalue weighted by molar-refractivity contribution is 5.62. The van der Waals surface area contributed by atoms with Crippen molar-refractivity contribution in [3.05, 3.63) is 29.8 Å². The van der Waals surface area contributed by atoms with Crippen molar-refractivity contribution < 1.29 is 14.3 Å². The molecule has 74 valence electrons. The lowest BCUT2D eigenvalue weighted by Gasteiger charge is -2.05. The van der Waals surface area contributed by atoms with Gasteiger partial charge in [0.25, 0.3) is 6.47 Å². The Labute approximate surface area is 83.0 Å². The number of carbonyl (C=O) groups is 1. The van der Waals surface area contributed by atoms with Gasteiger partial charge in [0.05, 0.1) is 7.11 Å². The molecular formula is C11H12O3. The van der Waals surface area contributed by atoms with E-state index in [1.165, 1.54) is 0 Å². The highest BCUT2D eigenvalue weighted by Gasteiger charge is 2.02. The molecule has 1 rings (SSSR count). The smallest absolute Gasteiger partial charge is 0.298 e. The summed E-state index contributed by atoms with van der Waals surface area (Å²) >= 11 is 0. The number of carbonyl (C=O) groups excluding carboxylic acids is 1. The molecule has 14 heavy (non-hydrogen) atoms. The minimum atomic E-state index is 0.405. The van der Waals surface area contributed by atoms with Crippen LogP contribution in [-0.4, -0.2) is 13.6 Å². The predicted molar refractivity (Wildman–Crippen MR) is 54.4 cm³/mol. The summed E-state index contributed by atoms with van der Waals surface area (Å²) in [5, 5.41) is 0. The van der Waals surface area contributed by atoms with Crippen molar-refractivity contribution in [1.82, 2.24) is 0 Å². The van der Waals surface area contributed by atoms with Gasteiger partial charge in [-0.3, -0.25) is 4.79 Å². The number of rotatable bonds is 4. The lowest BCUT2D eigenvalue weighted by atomic mass is 10.2.